The lowest BCUT2D eigenvalue weighted by molar-refractivity contribution is -0.0691. The average molecular weight is 771 g/mol. The van der Waals surface area contributed by atoms with E-state index >= 15 is 0 Å². The van der Waals surface area contributed by atoms with E-state index in [1.54, 1.807) is 40.7 Å². The van der Waals surface area contributed by atoms with Gasteiger partial charge in [0.1, 0.15) is 0 Å². The second kappa shape index (κ2) is 24.6. The van der Waals surface area contributed by atoms with Crippen molar-refractivity contribution in [1.29, 1.82) is 0 Å². The van der Waals surface area contributed by atoms with E-state index in [0.29, 0.717) is 103 Å². The summed E-state index contributed by atoms with van der Waals surface area (Å²) in [5.41, 5.74) is -2.36. The molecule has 0 amide bonds. The molecule has 0 aromatic carbocycles. The van der Waals surface area contributed by atoms with E-state index in [1.807, 2.05) is 20.8 Å². The lowest BCUT2D eigenvalue weighted by Crippen LogP contribution is -2.39. The van der Waals surface area contributed by atoms with Crippen LogP contribution in [0, 0.1) is 0 Å². The summed E-state index contributed by atoms with van der Waals surface area (Å²) in [6.45, 7) is 18.2. The van der Waals surface area contributed by atoms with Gasteiger partial charge in [-0.2, -0.15) is 0 Å². The van der Waals surface area contributed by atoms with Crippen molar-refractivity contribution in [3.63, 3.8) is 0 Å². The summed E-state index contributed by atoms with van der Waals surface area (Å²) in [5, 5.41) is 93.8. The van der Waals surface area contributed by atoms with Crippen molar-refractivity contribution in [1.82, 2.24) is 0 Å². The zero-order chi connectivity index (χ0) is 41.9. The topological polar surface area (TPSA) is 182 Å². The molecule has 0 aliphatic rings. The van der Waals surface area contributed by atoms with E-state index in [1.165, 1.54) is 11.1 Å². The van der Waals surface area contributed by atoms with Crippen LogP contribution in [0.3, 0.4) is 0 Å². The van der Waals surface area contributed by atoms with E-state index < -0.39 is 45.8 Å². The Morgan fingerprint density at radius 1 is 0.444 bits per heavy atom. The standard InChI is InChI=1S/C45H86O9/c1-35(17-11-18-36(2)20-13-32-45(10,54)39(48)22-21-37(3)24-34-46)19-12-25-41(6,50)26-14-27-42(7,51)28-15-29-43(8,52)30-16-31-44(9,53)33-23-38(47)40(4,5)49/h17,20,24,38-39,46-54H,11-16,18-19,21-23,25-34H2,1-10H3/b35-17+,36-20+,37-24+. The van der Waals surface area contributed by atoms with Gasteiger partial charge >= 0.3 is 0 Å². The van der Waals surface area contributed by atoms with Crippen LogP contribution in [0.25, 0.3) is 0 Å². The summed E-state index contributed by atoms with van der Waals surface area (Å²) in [6, 6.07) is 0. The molecule has 0 aromatic heterocycles. The van der Waals surface area contributed by atoms with E-state index in [9.17, 15) is 40.9 Å². The van der Waals surface area contributed by atoms with Gasteiger partial charge in [0.15, 0.2) is 0 Å². The molecule has 0 saturated carbocycles. The predicted octanol–water partition coefficient (Wildman–Crippen LogP) is 7.87. The molecule has 0 saturated heterocycles. The smallest absolute Gasteiger partial charge is 0.0880 e. The Morgan fingerprint density at radius 2 is 0.833 bits per heavy atom. The minimum Gasteiger partial charge on any atom is -0.392 e. The molecule has 0 aliphatic heterocycles. The van der Waals surface area contributed by atoms with E-state index in [4.69, 9.17) is 5.11 Å². The van der Waals surface area contributed by atoms with Gasteiger partial charge in [0.05, 0.1) is 52.4 Å². The molecule has 0 heterocycles. The van der Waals surface area contributed by atoms with Crippen molar-refractivity contribution in [3.05, 3.63) is 34.9 Å². The summed E-state index contributed by atoms with van der Waals surface area (Å²) in [7, 11) is 0. The quantitative estimate of drug-likeness (QED) is 0.0317. The van der Waals surface area contributed by atoms with Crippen LogP contribution in [-0.4, -0.2) is 98.4 Å². The van der Waals surface area contributed by atoms with Gasteiger partial charge in [-0.15, -0.1) is 0 Å². The van der Waals surface area contributed by atoms with Gasteiger partial charge in [0.2, 0.25) is 0 Å². The van der Waals surface area contributed by atoms with Crippen molar-refractivity contribution >= 4 is 0 Å². The Labute approximate surface area is 330 Å². The first kappa shape index (κ1) is 52.9. The molecule has 0 bridgehead atoms. The molecule has 0 aromatic rings. The van der Waals surface area contributed by atoms with Crippen LogP contribution in [0.15, 0.2) is 34.9 Å². The Balaban J connectivity index is 4.41. The number of hydrogen-bond donors (Lipinski definition) is 9. The highest BCUT2D eigenvalue weighted by molar-refractivity contribution is 5.05. The highest BCUT2D eigenvalue weighted by atomic mass is 16.3. The molecule has 0 radical (unpaired) electrons. The summed E-state index contributed by atoms with van der Waals surface area (Å²) in [6.07, 6.45) is 17.1. The van der Waals surface area contributed by atoms with Crippen molar-refractivity contribution in [2.24, 2.45) is 0 Å². The minimum absolute atomic E-state index is 0.0133. The van der Waals surface area contributed by atoms with Crippen LogP contribution in [0.4, 0.5) is 0 Å². The van der Waals surface area contributed by atoms with Crippen molar-refractivity contribution < 1.29 is 46.0 Å². The van der Waals surface area contributed by atoms with E-state index in [2.05, 4.69) is 26.0 Å². The second-order valence-electron chi connectivity index (χ2n) is 18.9. The number of hydrogen-bond acceptors (Lipinski definition) is 9. The Bertz CT molecular complexity index is 1110. The van der Waals surface area contributed by atoms with Gasteiger partial charge in [-0.3, -0.25) is 0 Å². The molecule has 9 nitrogen and oxygen atoms in total. The third-order valence-electron chi connectivity index (χ3n) is 11.5. The first-order valence-corrected chi connectivity index (χ1v) is 20.9. The molecule has 0 fully saturated rings. The van der Waals surface area contributed by atoms with Crippen molar-refractivity contribution in [2.45, 2.75) is 243 Å². The SMILES string of the molecule is C/C(=C\CCC(C)(O)C(O)CC/C(C)=C/CO)CC/C=C(\C)CCCC(C)(O)CCCC(C)(O)CCCC(C)(O)CCCC(C)(O)CCC(O)C(C)(C)O. The average Bonchev–Trinajstić information content (AvgIpc) is 3.01. The number of aliphatic hydroxyl groups excluding tert-OH is 3. The predicted molar refractivity (Wildman–Crippen MR) is 222 cm³/mol. The summed E-state index contributed by atoms with van der Waals surface area (Å²) >= 11 is 0. The molecular weight excluding hydrogens is 684 g/mol. The fourth-order valence-corrected chi connectivity index (χ4v) is 7.06. The van der Waals surface area contributed by atoms with Crippen molar-refractivity contribution in [3.8, 4) is 0 Å². The number of allylic oxidation sites excluding steroid dienone is 5. The van der Waals surface area contributed by atoms with Crippen LogP contribution in [0.5, 0.6) is 0 Å². The Hall–Kier alpha value is -1.14. The van der Waals surface area contributed by atoms with Crippen LogP contribution >= 0.6 is 0 Å². The molecular formula is C45H86O9. The van der Waals surface area contributed by atoms with Gasteiger partial charge < -0.3 is 46.0 Å². The Morgan fingerprint density at radius 3 is 1.28 bits per heavy atom. The first-order chi connectivity index (χ1) is 24.6. The molecule has 0 rings (SSSR count). The highest BCUT2D eigenvalue weighted by Gasteiger charge is 2.31. The minimum atomic E-state index is -1.21. The molecule has 9 N–H and O–H groups in total. The molecule has 0 aliphatic carbocycles. The molecule has 54 heavy (non-hydrogen) atoms. The van der Waals surface area contributed by atoms with E-state index in [-0.39, 0.29) is 6.61 Å². The van der Waals surface area contributed by atoms with Crippen LogP contribution < -0.4 is 0 Å². The van der Waals surface area contributed by atoms with E-state index in [0.717, 1.165) is 31.3 Å². The zero-order valence-electron chi connectivity index (χ0n) is 36.3. The maximum absolute atomic E-state index is 11.0. The molecule has 0 spiro atoms. The molecule has 7 unspecified atom stereocenters. The van der Waals surface area contributed by atoms with Crippen LogP contribution in [0.2, 0.25) is 0 Å². The normalized spacial score (nSPS) is 20.4. The largest absolute Gasteiger partial charge is 0.392 e. The van der Waals surface area contributed by atoms with Gasteiger partial charge in [0, 0.05) is 0 Å². The third-order valence-corrected chi connectivity index (χ3v) is 11.5. The monoisotopic (exact) mass is 771 g/mol. The third kappa shape index (κ3) is 26.7. The number of aliphatic hydroxyl groups is 9. The molecule has 7 atom stereocenters. The van der Waals surface area contributed by atoms with Gasteiger partial charge in [-0.05, 0) is 198 Å². The summed E-state index contributed by atoms with van der Waals surface area (Å²) in [4.78, 5) is 0. The highest BCUT2D eigenvalue weighted by Crippen LogP contribution is 2.31. The fraction of sp³-hybridized carbons (Fsp3) is 0.867. The second-order valence-corrected chi connectivity index (χ2v) is 18.9. The van der Waals surface area contributed by atoms with Crippen LogP contribution in [-0.2, 0) is 0 Å². The maximum Gasteiger partial charge on any atom is 0.0880 e. The Kier molecular flexibility index (Phi) is 24.1. The summed E-state index contributed by atoms with van der Waals surface area (Å²) < 4.78 is 0. The van der Waals surface area contributed by atoms with Gasteiger partial charge in [-0.25, -0.2) is 0 Å². The van der Waals surface area contributed by atoms with Crippen molar-refractivity contribution in [2.75, 3.05) is 6.61 Å². The molecule has 9 heteroatoms. The summed E-state index contributed by atoms with van der Waals surface area (Å²) in [5.74, 6) is 0. The number of rotatable bonds is 31. The lowest BCUT2D eigenvalue weighted by Gasteiger charge is -2.31. The lowest BCUT2D eigenvalue weighted by atomic mass is 9.84. The maximum atomic E-state index is 11.0. The molecule has 320 valence electrons. The zero-order valence-corrected chi connectivity index (χ0v) is 36.3. The van der Waals surface area contributed by atoms with Gasteiger partial charge in [-0.1, -0.05) is 34.9 Å². The van der Waals surface area contributed by atoms with Gasteiger partial charge in [0.25, 0.3) is 0 Å². The van der Waals surface area contributed by atoms with Crippen LogP contribution in [0.1, 0.15) is 198 Å². The first-order valence-electron chi connectivity index (χ1n) is 20.9. The fourth-order valence-electron chi connectivity index (χ4n) is 7.06.